The molecule has 1 unspecified atom stereocenters. The lowest BCUT2D eigenvalue weighted by atomic mass is 9.76. The Hall–Kier alpha value is -2.08. The maximum Gasteiger partial charge on any atom is 0.243 e. The van der Waals surface area contributed by atoms with Crippen LogP contribution in [0.5, 0.6) is 0 Å². The summed E-state index contributed by atoms with van der Waals surface area (Å²) in [5.74, 6) is 0.659. The molecule has 0 saturated carbocycles. The number of guanidine groups is 1. The minimum Gasteiger partial charge on any atom is -0.376 e. The van der Waals surface area contributed by atoms with Gasteiger partial charge in [0.25, 0.3) is 0 Å². The predicted octanol–water partition coefficient (Wildman–Crippen LogP) is 2.55. The lowest BCUT2D eigenvalue weighted by Crippen LogP contribution is -2.47. The van der Waals surface area contributed by atoms with Gasteiger partial charge in [-0.1, -0.05) is 44.2 Å². The van der Waals surface area contributed by atoms with Crippen molar-refractivity contribution in [3.05, 3.63) is 35.9 Å². The van der Waals surface area contributed by atoms with Crippen molar-refractivity contribution in [1.29, 1.82) is 0 Å². The Labute approximate surface area is 169 Å². The van der Waals surface area contributed by atoms with E-state index in [0.717, 1.165) is 38.8 Å². The summed E-state index contributed by atoms with van der Waals surface area (Å²) in [5, 5.41) is 6.86. The number of hydrogen-bond donors (Lipinski definition) is 2. The van der Waals surface area contributed by atoms with Gasteiger partial charge in [-0.3, -0.25) is 4.79 Å². The molecule has 1 heterocycles. The highest BCUT2D eigenvalue weighted by atomic mass is 16.5. The molecule has 1 aromatic carbocycles. The van der Waals surface area contributed by atoms with E-state index in [0.29, 0.717) is 12.5 Å². The van der Waals surface area contributed by atoms with E-state index in [2.05, 4.69) is 59.8 Å². The van der Waals surface area contributed by atoms with Crippen molar-refractivity contribution in [3.63, 3.8) is 0 Å². The topological polar surface area (TPSA) is 66.0 Å². The standard InChI is InChI=1S/C22H36N4O2/c1-5-22(6-2,18-11-8-7-9-12-18)17-25-21(24-16-20(27)26(3)4)23-15-19-13-10-14-28-19/h7-9,11-12,19H,5-6,10,13-17H2,1-4H3,(H2,23,24,25). The monoisotopic (exact) mass is 388 g/mol. The average molecular weight is 389 g/mol. The lowest BCUT2D eigenvalue weighted by Gasteiger charge is -2.33. The van der Waals surface area contributed by atoms with Gasteiger partial charge in [0.05, 0.1) is 6.10 Å². The van der Waals surface area contributed by atoms with E-state index in [1.165, 1.54) is 5.56 Å². The fraction of sp³-hybridized carbons (Fsp3) is 0.636. The molecule has 1 amide bonds. The first-order valence-electron chi connectivity index (χ1n) is 10.4. The van der Waals surface area contributed by atoms with Crippen LogP contribution in [0.25, 0.3) is 0 Å². The molecule has 1 aliphatic heterocycles. The number of carbonyl (C=O) groups is 1. The van der Waals surface area contributed by atoms with Gasteiger partial charge in [-0.25, -0.2) is 4.99 Å². The number of benzene rings is 1. The Balaban J connectivity index is 2.07. The Bertz CT molecular complexity index is 621. The highest BCUT2D eigenvalue weighted by Crippen LogP contribution is 2.30. The summed E-state index contributed by atoms with van der Waals surface area (Å²) >= 11 is 0. The molecular weight excluding hydrogens is 352 g/mol. The van der Waals surface area contributed by atoms with Crippen molar-refractivity contribution >= 4 is 11.9 Å². The van der Waals surface area contributed by atoms with Crippen LogP contribution in [0, 0.1) is 0 Å². The van der Waals surface area contributed by atoms with Gasteiger partial charge in [-0.2, -0.15) is 0 Å². The Morgan fingerprint density at radius 1 is 1.21 bits per heavy atom. The first-order chi connectivity index (χ1) is 13.5. The van der Waals surface area contributed by atoms with Crippen molar-refractivity contribution in [3.8, 4) is 0 Å². The number of amides is 1. The number of nitrogens with zero attached hydrogens (tertiary/aromatic N) is 2. The van der Waals surface area contributed by atoms with Crippen LogP contribution in [0.3, 0.4) is 0 Å². The summed E-state index contributed by atoms with van der Waals surface area (Å²) in [6.45, 7) is 6.88. The zero-order valence-corrected chi connectivity index (χ0v) is 17.8. The average Bonchev–Trinajstić information content (AvgIpc) is 3.24. The molecule has 0 bridgehead atoms. The van der Waals surface area contributed by atoms with Crippen LogP contribution in [0.1, 0.15) is 45.1 Å². The van der Waals surface area contributed by atoms with Crippen LogP contribution in [0.2, 0.25) is 0 Å². The van der Waals surface area contributed by atoms with Gasteiger partial charge in [-0.05, 0) is 31.2 Å². The van der Waals surface area contributed by atoms with E-state index in [9.17, 15) is 4.79 Å². The summed E-state index contributed by atoms with van der Waals surface area (Å²) in [6, 6.07) is 10.6. The van der Waals surface area contributed by atoms with Crippen molar-refractivity contribution in [2.45, 2.75) is 51.0 Å². The molecule has 0 aromatic heterocycles. The second-order valence-electron chi connectivity index (χ2n) is 7.68. The molecule has 0 radical (unpaired) electrons. The van der Waals surface area contributed by atoms with E-state index in [1.807, 2.05) is 0 Å². The molecule has 1 aromatic rings. The van der Waals surface area contributed by atoms with Crippen LogP contribution in [-0.2, 0) is 14.9 Å². The maximum atomic E-state index is 12.0. The number of carbonyl (C=O) groups excluding carboxylic acids is 1. The molecule has 6 heteroatoms. The molecule has 1 atom stereocenters. The van der Waals surface area contributed by atoms with Crippen LogP contribution in [-0.4, -0.2) is 63.2 Å². The van der Waals surface area contributed by atoms with Gasteiger partial charge >= 0.3 is 0 Å². The minimum absolute atomic E-state index is 0.0153. The highest BCUT2D eigenvalue weighted by Gasteiger charge is 2.28. The van der Waals surface area contributed by atoms with Gasteiger partial charge in [-0.15, -0.1) is 0 Å². The first-order valence-corrected chi connectivity index (χ1v) is 10.4. The SMILES string of the molecule is CCC(CC)(CNC(=NCC(=O)N(C)C)NCC1CCCO1)c1ccccc1. The normalized spacial score (nSPS) is 17.4. The van der Waals surface area contributed by atoms with E-state index >= 15 is 0 Å². The maximum absolute atomic E-state index is 12.0. The Kier molecular flexibility index (Phi) is 8.77. The molecule has 1 fully saturated rings. The van der Waals surface area contributed by atoms with Crippen molar-refractivity contribution in [2.75, 3.05) is 40.3 Å². The summed E-state index contributed by atoms with van der Waals surface area (Å²) in [4.78, 5) is 18.1. The fourth-order valence-corrected chi connectivity index (χ4v) is 3.53. The second kappa shape index (κ2) is 11.1. The summed E-state index contributed by atoms with van der Waals surface area (Å²) in [7, 11) is 3.50. The van der Waals surface area contributed by atoms with Gasteiger partial charge in [0.2, 0.25) is 5.91 Å². The third kappa shape index (κ3) is 6.23. The lowest BCUT2D eigenvalue weighted by molar-refractivity contribution is -0.127. The molecule has 1 saturated heterocycles. The Morgan fingerprint density at radius 2 is 1.93 bits per heavy atom. The van der Waals surface area contributed by atoms with E-state index in [-0.39, 0.29) is 24.0 Å². The third-order valence-electron chi connectivity index (χ3n) is 5.73. The van der Waals surface area contributed by atoms with Gasteiger partial charge in [0.1, 0.15) is 6.54 Å². The first kappa shape index (κ1) is 22.2. The van der Waals surface area contributed by atoms with Gasteiger partial charge in [0, 0.05) is 39.2 Å². The van der Waals surface area contributed by atoms with E-state index in [4.69, 9.17) is 4.74 Å². The summed E-state index contributed by atoms with van der Waals surface area (Å²) in [5.41, 5.74) is 1.36. The van der Waals surface area contributed by atoms with Gasteiger partial charge < -0.3 is 20.3 Å². The number of nitrogens with one attached hydrogen (secondary N) is 2. The summed E-state index contributed by atoms with van der Waals surface area (Å²) in [6.07, 6.45) is 4.43. The molecule has 28 heavy (non-hydrogen) atoms. The molecule has 0 aliphatic carbocycles. The zero-order chi connectivity index (χ0) is 20.4. The van der Waals surface area contributed by atoms with E-state index in [1.54, 1.807) is 19.0 Å². The number of ether oxygens (including phenoxy) is 1. The smallest absolute Gasteiger partial charge is 0.243 e. The zero-order valence-electron chi connectivity index (χ0n) is 17.8. The number of aliphatic imine (C=N–C) groups is 1. The molecule has 156 valence electrons. The van der Waals surface area contributed by atoms with Crippen LogP contribution >= 0.6 is 0 Å². The molecular formula is C22H36N4O2. The number of rotatable bonds is 9. The molecule has 6 nitrogen and oxygen atoms in total. The minimum atomic E-state index is -0.0153. The second-order valence-corrected chi connectivity index (χ2v) is 7.68. The van der Waals surface area contributed by atoms with Crippen molar-refractivity contribution < 1.29 is 9.53 Å². The Morgan fingerprint density at radius 3 is 2.50 bits per heavy atom. The summed E-state index contributed by atoms with van der Waals surface area (Å²) < 4.78 is 5.70. The number of likely N-dealkylation sites (N-methyl/N-ethyl adjacent to an activating group) is 1. The fourth-order valence-electron chi connectivity index (χ4n) is 3.53. The third-order valence-corrected chi connectivity index (χ3v) is 5.73. The van der Waals surface area contributed by atoms with Crippen LogP contribution in [0.15, 0.2) is 35.3 Å². The molecule has 2 rings (SSSR count). The molecule has 1 aliphatic rings. The van der Waals surface area contributed by atoms with Gasteiger partial charge in [0.15, 0.2) is 5.96 Å². The largest absolute Gasteiger partial charge is 0.376 e. The van der Waals surface area contributed by atoms with Crippen LogP contribution in [0.4, 0.5) is 0 Å². The predicted molar refractivity (Wildman–Crippen MR) is 115 cm³/mol. The van der Waals surface area contributed by atoms with E-state index < -0.39 is 0 Å². The number of hydrogen-bond acceptors (Lipinski definition) is 3. The van der Waals surface area contributed by atoms with Crippen LogP contribution < -0.4 is 10.6 Å². The molecule has 0 spiro atoms. The highest BCUT2D eigenvalue weighted by molar-refractivity contribution is 5.84. The molecule has 2 N–H and O–H groups in total. The quantitative estimate of drug-likeness (QED) is 0.504. The van der Waals surface area contributed by atoms with Crippen molar-refractivity contribution in [1.82, 2.24) is 15.5 Å². The van der Waals surface area contributed by atoms with Crippen molar-refractivity contribution in [2.24, 2.45) is 4.99 Å².